The van der Waals surface area contributed by atoms with Gasteiger partial charge in [0.15, 0.2) is 0 Å². The molecule has 2 aromatic rings. The molecular formula is C25H38N6O7. The molecule has 2 rings (SSSR count). The first-order chi connectivity index (χ1) is 18.2. The van der Waals surface area contributed by atoms with E-state index in [1.807, 2.05) is 43.4 Å². The van der Waals surface area contributed by atoms with E-state index in [9.17, 15) is 19.2 Å². The van der Waals surface area contributed by atoms with Crippen LogP contribution >= 0.6 is 0 Å². The highest BCUT2D eigenvalue weighted by Gasteiger charge is 2.23. The van der Waals surface area contributed by atoms with Crippen molar-refractivity contribution in [2.45, 2.75) is 38.4 Å². The Bertz CT molecular complexity index is 1070. The lowest BCUT2D eigenvalue weighted by Crippen LogP contribution is -2.49. The molecule has 1 aromatic carbocycles. The molecule has 0 spiro atoms. The zero-order valence-electron chi connectivity index (χ0n) is 21.9. The summed E-state index contributed by atoms with van der Waals surface area (Å²) in [6.07, 6.45) is -0.317. The maximum Gasteiger partial charge on any atom is 0.305 e. The molecular weight excluding hydrogens is 496 g/mol. The molecule has 0 saturated heterocycles. The van der Waals surface area contributed by atoms with Gasteiger partial charge in [-0.05, 0) is 24.6 Å². The predicted molar refractivity (Wildman–Crippen MR) is 140 cm³/mol. The van der Waals surface area contributed by atoms with Gasteiger partial charge in [-0.2, -0.15) is 0 Å². The fourth-order valence-corrected chi connectivity index (χ4v) is 3.73. The van der Waals surface area contributed by atoms with Gasteiger partial charge in [0.05, 0.1) is 45.8 Å². The molecule has 0 fully saturated rings. The van der Waals surface area contributed by atoms with Crippen LogP contribution in [-0.4, -0.2) is 91.5 Å². The normalized spacial score (nSPS) is 12.0. The Morgan fingerprint density at radius 1 is 1.08 bits per heavy atom. The Kier molecular flexibility index (Phi) is 13.2. The van der Waals surface area contributed by atoms with Gasteiger partial charge >= 0.3 is 5.97 Å². The van der Waals surface area contributed by atoms with Gasteiger partial charge in [-0.25, -0.2) is 5.01 Å². The minimum Gasteiger partial charge on any atom is -0.481 e. The molecule has 0 saturated carbocycles. The predicted octanol–water partition coefficient (Wildman–Crippen LogP) is -0.418. The first-order valence-corrected chi connectivity index (χ1v) is 12.4. The van der Waals surface area contributed by atoms with Gasteiger partial charge in [0.2, 0.25) is 17.7 Å². The number of nitrogens with zero attached hydrogens (tertiary/aromatic N) is 2. The topological polar surface area (TPSA) is 177 Å². The molecule has 210 valence electrons. The third-order valence-electron chi connectivity index (χ3n) is 5.67. The minimum absolute atomic E-state index is 0.0834. The highest BCUT2D eigenvalue weighted by atomic mass is 16.5. The fourth-order valence-electron chi connectivity index (χ4n) is 3.73. The number of nitrogens with two attached hydrogens (primary N) is 1. The Balaban J connectivity index is 1.85. The Morgan fingerprint density at radius 3 is 2.47 bits per heavy atom. The summed E-state index contributed by atoms with van der Waals surface area (Å²) < 4.78 is 12.5. The molecule has 13 heteroatoms. The number of ether oxygens (including phenoxy) is 2. The van der Waals surface area contributed by atoms with Crippen molar-refractivity contribution in [3.05, 3.63) is 36.0 Å². The van der Waals surface area contributed by atoms with Crippen LogP contribution in [0.15, 0.2) is 30.3 Å². The summed E-state index contributed by atoms with van der Waals surface area (Å²) in [4.78, 5) is 47.2. The van der Waals surface area contributed by atoms with Crippen LogP contribution in [0.1, 0.15) is 25.0 Å². The van der Waals surface area contributed by atoms with E-state index < -0.39 is 23.8 Å². The van der Waals surface area contributed by atoms with Gasteiger partial charge in [-0.15, -0.1) is 0 Å². The number of hydrogen-bond donors (Lipinski definition) is 5. The van der Waals surface area contributed by atoms with Gasteiger partial charge in [0.1, 0.15) is 6.04 Å². The van der Waals surface area contributed by atoms with E-state index in [1.54, 1.807) is 0 Å². The van der Waals surface area contributed by atoms with Crippen molar-refractivity contribution in [1.82, 2.24) is 25.6 Å². The van der Waals surface area contributed by atoms with Crippen LogP contribution in [-0.2, 0) is 41.7 Å². The van der Waals surface area contributed by atoms with Gasteiger partial charge in [0.25, 0.3) is 0 Å². The lowest BCUT2D eigenvalue weighted by atomic mass is 10.1. The summed E-state index contributed by atoms with van der Waals surface area (Å²) in [5, 5.41) is 16.8. The Morgan fingerprint density at radius 2 is 1.79 bits per heavy atom. The molecule has 0 bridgehead atoms. The molecule has 1 aromatic heterocycles. The van der Waals surface area contributed by atoms with Crippen LogP contribution in [0.5, 0.6) is 0 Å². The van der Waals surface area contributed by atoms with E-state index >= 15 is 0 Å². The summed E-state index contributed by atoms with van der Waals surface area (Å²) >= 11 is 0. The number of para-hydroxylation sites is 1. The van der Waals surface area contributed by atoms with Crippen LogP contribution in [0.3, 0.4) is 0 Å². The van der Waals surface area contributed by atoms with E-state index in [0.29, 0.717) is 13.1 Å². The number of carboxylic acid groups (broad SMARTS) is 1. The van der Waals surface area contributed by atoms with E-state index in [-0.39, 0.29) is 58.1 Å². The summed E-state index contributed by atoms with van der Waals surface area (Å²) in [7, 11) is 3.75. The molecule has 0 aliphatic rings. The van der Waals surface area contributed by atoms with Crippen LogP contribution in [0.4, 0.5) is 0 Å². The number of hydrazine groups is 1. The first-order valence-electron chi connectivity index (χ1n) is 12.4. The highest BCUT2D eigenvalue weighted by molar-refractivity contribution is 5.91. The summed E-state index contributed by atoms with van der Waals surface area (Å²) in [6, 6.07) is 8.87. The smallest absolute Gasteiger partial charge is 0.305 e. The lowest BCUT2D eigenvalue weighted by molar-refractivity contribution is -0.138. The number of carboxylic acids is 1. The quantitative estimate of drug-likeness (QED) is 0.118. The fraction of sp³-hybridized carbons (Fsp3) is 0.520. The number of fused-ring (bicyclic) bond motifs is 1. The third kappa shape index (κ3) is 10.8. The molecule has 6 N–H and O–H groups in total. The molecule has 0 unspecified atom stereocenters. The molecule has 0 aliphatic carbocycles. The van der Waals surface area contributed by atoms with Crippen LogP contribution < -0.4 is 21.8 Å². The van der Waals surface area contributed by atoms with Gasteiger partial charge in [-0.1, -0.05) is 18.2 Å². The highest BCUT2D eigenvalue weighted by Crippen LogP contribution is 2.21. The number of aromatic nitrogens is 1. The van der Waals surface area contributed by atoms with Crippen molar-refractivity contribution in [2.75, 3.05) is 47.1 Å². The number of primary amides is 1. The molecule has 0 radical (unpaired) electrons. The number of amides is 3. The van der Waals surface area contributed by atoms with E-state index in [0.717, 1.165) is 16.6 Å². The molecule has 1 atom stereocenters. The number of hydrogen-bond acceptors (Lipinski definition) is 8. The number of aryl methyl sites for hydroxylation is 1. The number of aliphatic carboxylic acids is 1. The lowest BCUT2D eigenvalue weighted by Gasteiger charge is -2.19. The molecule has 0 aliphatic heterocycles. The van der Waals surface area contributed by atoms with Crippen molar-refractivity contribution in [3.63, 3.8) is 0 Å². The average molecular weight is 535 g/mol. The van der Waals surface area contributed by atoms with Gasteiger partial charge < -0.3 is 35.5 Å². The van der Waals surface area contributed by atoms with Crippen LogP contribution in [0.25, 0.3) is 10.9 Å². The second kappa shape index (κ2) is 16.3. The molecule has 13 nitrogen and oxygen atoms in total. The maximum atomic E-state index is 12.7. The average Bonchev–Trinajstić information content (AvgIpc) is 3.22. The summed E-state index contributed by atoms with van der Waals surface area (Å²) in [5.74, 6) is -2.58. The van der Waals surface area contributed by atoms with Crippen molar-refractivity contribution in [2.24, 2.45) is 5.73 Å². The van der Waals surface area contributed by atoms with Crippen LogP contribution in [0, 0.1) is 0 Å². The number of carbonyl (C=O) groups excluding carboxylic acids is 3. The van der Waals surface area contributed by atoms with E-state index in [4.69, 9.17) is 20.3 Å². The molecule has 38 heavy (non-hydrogen) atoms. The van der Waals surface area contributed by atoms with Crippen molar-refractivity contribution in [3.8, 4) is 0 Å². The summed E-state index contributed by atoms with van der Waals surface area (Å²) in [5.41, 5.74) is 10.4. The number of nitrogens with one attached hydrogen (secondary N) is 3. The SMILES string of the molecule is CNN(C)Cc1cc2ccccc2n1CCC(=O)N[C@@H](CC(N)=O)C(=O)NCCOCCOCCC(=O)O. The van der Waals surface area contributed by atoms with Crippen molar-refractivity contribution < 1.29 is 33.8 Å². The second-order valence-corrected chi connectivity index (χ2v) is 8.63. The standard InChI is InChI=1S/C25H38N6O7/c1-27-30(2)17-19-15-18-5-3-4-6-21(18)31(19)10-7-23(33)29-20(16-22(26)32)25(36)28-9-12-38-14-13-37-11-8-24(34)35/h3-6,15,20,27H,7-14,16-17H2,1-2H3,(H2,26,32)(H,28,36)(H,29,33)(H,34,35)/t20-/m0/s1. The van der Waals surface area contributed by atoms with Crippen molar-refractivity contribution in [1.29, 1.82) is 0 Å². The largest absolute Gasteiger partial charge is 0.481 e. The Labute approximate surface area is 221 Å². The first kappa shape index (κ1) is 30.7. The Hall–Kier alpha value is -3.52. The minimum atomic E-state index is -1.10. The van der Waals surface area contributed by atoms with E-state index in [2.05, 4.69) is 26.7 Å². The number of carbonyl (C=O) groups is 4. The third-order valence-corrected chi connectivity index (χ3v) is 5.67. The van der Waals surface area contributed by atoms with Gasteiger partial charge in [0, 0.05) is 37.8 Å². The van der Waals surface area contributed by atoms with E-state index in [1.165, 1.54) is 0 Å². The zero-order chi connectivity index (χ0) is 27.9. The summed E-state index contributed by atoms with van der Waals surface area (Å²) in [6.45, 7) is 1.89. The maximum absolute atomic E-state index is 12.7. The van der Waals surface area contributed by atoms with Crippen LogP contribution in [0.2, 0.25) is 0 Å². The van der Waals surface area contributed by atoms with Crippen molar-refractivity contribution >= 4 is 34.6 Å². The van der Waals surface area contributed by atoms with Gasteiger partial charge in [-0.3, -0.25) is 24.6 Å². The number of rotatable bonds is 19. The monoisotopic (exact) mass is 534 g/mol. The molecule has 1 heterocycles. The molecule has 3 amide bonds. The zero-order valence-corrected chi connectivity index (χ0v) is 21.9. The number of benzene rings is 1. The second-order valence-electron chi connectivity index (χ2n) is 8.63.